The van der Waals surface area contributed by atoms with Crippen LogP contribution in [0.15, 0.2) is 24.9 Å². The van der Waals surface area contributed by atoms with E-state index in [0.29, 0.717) is 0 Å². The van der Waals surface area contributed by atoms with Gasteiger partial charge in [0.1, 0.15) is 0 Å². The molecule has 0 rings (SSSR count). The predicted molar refractivity (Wildman–Crippen MR) is 63.6 cm³/mol. The molecule has 0 radical (unpaired) electrons. The van der Waals surface area contributed by atoms with E-state index >= 15 is 0 Å². The maximum absolute atomic E-state index is 10.6. The number of carboxylic acid groups (broad SMARTS) is 1. The smallest absolute Gasteiger partial charge is 0.317 e. The van der Waals surface area contributed by atoms with Gasteiger partial charge in [-0.15, -0.1) is 0 Å². The van der Waals surface area contributed by atoms with Gasteiger partial charge in [-0.1, -0.05) is 0 Å². The van der Waals surface area contributed by atoms with E-state index in [1.165, 1.54) is 4.90 Å². The van der Waals surface area contributed by atoms with Crippen molar-refractivity contribution in [2.24, 2.45) is 0 Å². The van der Waals surface area contributed by atoms with E-state index in [4.69, 9.17) is 20.7 Å². The summed E-state index contributed by atoms with van der Waals surface area (Å²) in [6.07, 6.45) is 0. The van der Waals surface area contributed by atoms with Crippen LogP contribution in [0.3, 0.4) is 0 Å². The number of hydrogen-bond donors (Lipinski definition) is 4. The van der Waals surface area contributed by atoms with Gasteiger partial charge in [0, 0.05) is 19.6 Å². The first-order chi connectivity index (χ1) is 8.96. The van der Waals surface area contributed by atoms with Crippen LogP contribution in [0.1, 0.15) is 0 Å². The van der Waals surface area contributed by atoms with Crippen LogP contribution in [0, 0.1) is 0 Å². The van der Waals surface area contributed by atoms with Crippen LogP contribution in [-0.2, 0) is 14.6 Å². The molecule has 0 spiro atoms. The largest absolute Gasteiger partial charge is 0.480 e. The minimum atomic E-state index is -1.05. The lowest BCUT2D eigenvalue weighted by molar-refractivity contribution is -0.251. The molecule has 0 unspecified atom stereocenters. The van der Waals surface area contributed by atoms with E-state index in [0.717, 1.165) is 4.90 Å². The second-order valence-electron chi connectivity index (χ2n) is 3.52. The maximum Gasteiger partial charge on any atom is 0.317 e. The topological polar surface area (TPSA) is 123 Å². The van der Waals surface area contributed by atoms with Gasteiger partial charge < -0.3 is 20.0 Å². The van der Waals surface area contributed by atoms with Crippen LogP contribution in [0.25, 0.3) is 0 Å². The van der Waals surface area contributed by atoms with E-state index in [1.54, 1.807) is 0 Å². The second-order valence-corrected chi connectivity index (χ2v) is 3.52. The lowest BCUT2D eigenvalue weighted by Crippen LogP contribution is -2.39. The Bertz CT molecular complexity index is 305. The Hall–Kier alpha value is -1.81. The van der Waals surface area contributed by atoms with E-state index in [1.807, 2.05) is 0 Å². The fourth-order valence-corrected chi connectivity index (χ4v) is 1.33. The number of hydrogen-bond acceptors (Lipinski definition) is 8. The summed E-state index contributed by atoms with van der Waals surface area (Å²) < 4.78 is 0. The number of rotatable bonds is 11. The Morgan fingerprint density at radius 3 is 1.95 bits per heavy atom. The molecule has 0 aromatic rings. The fourth-order valence-electron chi connectivity index (χ4n) is 1.33. The normalized spacial score (nSPS) is 10.1. The van der Waals surface area contributed by atoms with Crippen molar-refractivity contribution < 1.29 is 35.3 Å². The summed E-state index contributed by atoms with van der Waals surface area (Å²) in [5.41, 5.74) is 0. The molecule has 9 heteroatoms. The first-order valence-electron chi connectivity index (χ1n) is 5.29. The van der Waals surface area contributed by atoms with Crippen molar-refractivity contribution in [1.29, 1.82) is 0 Å². The molecular formula is C10H18N2O7. The summed E-state index contributed by atoms with van der Waals surface area (Å²) in [6, 6.07) is 0. The molecule has 0 bridgehead atoms. The number of nitrogens with zero attached hydrogens (tertiary/aromatic N) is 2. The standard InChI is InChI=1S/C10H18N2O7/c1-8(18-16)12(9(2)19-17)4-3-11(5-6-13)7-10(14)15/h13,16-17H,1-7H2,(H,14,15). The molecule has 4 N–H and O–H groups in total. The average molecular weight is 278 g/mol. The van der Waals surface area contributed by atoms with Gasteiger partial charge in [-0.05, 0) is 13.2 Å². The zero-order valence-electron chi connectivity index (χ0n) is 10.4. The van der Waals surface area contributed by atoms with E-state index in [2.05, 4.69) is 22.9 Å². The van der Waals surface area contributed by atoms with Crippen molar-refractivity contribution in [3.63, 3.8) is 0 Å². The first-order valence-corrected chi connectivity index (χ1v) is 5.29. The molecule has 0 aliphatic rings. The highest BCUT2D eigenvalue weighted by Gasteiger charge is 2.17. The van der Waals surface area contributed by atoms with E-state index in [9.17, 15) is 4.79 Å². The molecule has 110 valence electrons. The third-order valence-electron chi connectivity index (χ3n) is 2.23. The molecule has 0 atom stereocenters. The Morgan fingerprint density at radius 1 is 1.05 bits per heavy atom. The number of carboxylic acids is 1. The highest BCUT2D eigenvalue weighted by atomic mass is 17.1. The Morgan fingerprint density at radius 2 is 1.58 bits per heavy atom. The van der Waals surface area contributed by atoms with Crippen LogP contribution < -0.4 is 0 Å². The molecule has 0 aliphatic heterocycles. The van der Waals surface area contributed by atoms with Gasteiger partial charge in [0.25, 0.3) is 0 Å². The van der Waals surface area contributed by atoms with Crippen molar-refractivity contribution in [2.75, 3.05) is 32.8 Å². The lowest BCUT2D eigenvalue weighted by Gasteiger charge is -2.26. The molecule has 0 saturated heterocycles. The first kappa shape index (κ1) is 17.2. The van der Waals surface area contributed by atoms with Crippen LogP contribution in [0.5, 0.6) is 0 Å². The number of aliphatic hydroxyl groups excluding tert-OH is 1. The average Bonchev–Trinajstić information content (AvgIpc) is 2.37. The molecule has 0 aromatic heterocycles. The summed E-state index contributed by atoms with van der Waals surface area (Å²) in [6.45, 7) is 6.62. The van der Waals surface area contributed by atoms with Gasteiger partial charge in [-0.25, -0.2) is 10.5 Å². The summed E-state index contributed by atoms with van der Waals surface area (Å²) in [5, 5.41) is 34.5. The summed E-state index contributed by atoms with van der Waals surface area (Å²) in [4.78, 5) is 20.9. The van der Waals surface area contributed by atoms with Gasteiger partial charge in [0.15, 0.2) is 0 Å². The van der Waals surface area contributed by atoms with Crippen molar-refractivity contribution >= 4 is 5.97 Å². The molecule has 0 saturated carbocycles. The van der Waals surface area contributed by atoms with E-state index in [-0.39, 0.29) is 44.6 Å². The number of aliphatic hydroxyl groups is 1. The monoisotopic (exact) mass is 278 g/mol. The summed E-state index contributed by atoms with van der Waals surface area (Å²) in [7, 11) is 0. The Labute approximate surface area is 110 Å². The zero-order chi connectivity index (χ0) is 14.8. The van der Waals surface area contributed by atoms with E-state index < -0.39 is 5.97 Å². The highest BCUT2D eigenvalue weighted by molar-refractivity contribution is 5.69. The van der Waals surface area contributed by atoms with Crippen molar-refractivity contribution in [1.82, 2.24) is 9.80 Å². The lowest BCUT2D eigenvalue weighted by atomic mass is 10.4. The van der Waals surface area contributed by atoms with Gasteiger partial charge >= 0.3 is 5.97 Å². The quantitative estimate of drug-likeness (QED) is 0.227. The molecule has 0 heterocycles. The molecule has 9 nitrogen and oxygen atoms in total. The predicted octanol–water partition coefficient (Wildman–Crippen LogP) is -0.411. The Balaban J connectivity index is 4.52. The van der Waals surface area contributed by atoms with Crippen molar-refractivity contribution in [2.45, 2.75) is 0 Å². The van der Waals surface area contributed by atoms with Crippen LogP contribution in [0.4, 0.5) is 0 Å². The van der Waals surface area contributed by atoms with Gasteiger partial charge in [-0.3, -0.25) is 14.6 Å². The molecular weight excluding hydrogens is 260 g/mol. The van der Waals surface area contributed by atoms with Crippen molar-refractivity contribution in [3.8, 4) is 0 Å². The molecule has 0 aromatic carbocycles. The van der Waals surface area contributed by atoms with Gasteiger partial charge in [-0.2, -0.15) is 0 Å². The molecule has 0 amide bonds. The maximum atomic E-state index is 10.6. The summed E-state index contributed by atoms with van der Waals surface area (Å²) in [5.74, 6) is -1.55. The second kappa shape index (κ2) is 9.16. The molecule has 19 heavy (non-hydrogen) atoms. The minimum Gasteiger partial charge on any atom is -0.480 e. The SMILES string of the molecule is C=C(OO)N(CCN(CCO)CC(=O)O)C(=C)OO. The molecule has 0 aliphatic carbocycles. The van der Waals surface area contributed by atoms with Gasteiger partial charge in [0.05, 0.1) is 13.2 Å². The van der Waals surface area contributed by atoms with Crippen molar-refractivity contribution in [3.05, 3.63) is 24.9 Å². The highest BCUT2D eigenvalue weighted by Crippen LogP contribution is 2.10. The number of carbonyl (C=O) groups is 1. The third-order valence-corrected chi connectivity index (χ3v) is 2.23. The minimum absolute atomic E-state index is 0.0755. The van der Waals surface area contributed by atoms with Crippen LogP contribution >= 0.6 is 0 Å². The third kappa shape index (κ3) is 6.62. The van der Waals surface area contributed by atoms with Crippen LogP contribution in [-0.4, -0.2) is 69.3 Å². The molecule has 0 fully saturated rings. The van der Waals surface area contributed by atoms with Gasteiger partial charge in [0.2, 0.25) is 11.8 Å². The summed E-state index contributed by atoms with van der Waals surface area (Å²) >= 11 is 0. The fraction of sp³-hybridized carbons (Fsp3) is 0.500. The van der Waals surface area contributed by atoms with Crippen LogP contribution in [0.2, 0.25) is 0 Å². The number of aliphatic carboxylic acids is 1. The zero-order valence-corrected chi connectivity index (χ0v) is 10.4. The Kier molecular flexibility index (Phi) is 8.29.